The molecule has 1 amide bonds. The number of thioether (sulfide) groups is 1. The Morgan fingerprint density at radius 2 is 2.16 bits per heavy atom. The summed E-state index contributed by atoms with van der Waals surface area (Å²) in [6.45, 7) is 2.37. The molecule has 0 spiro atoms. The van der Waals surface area contributed by atoms with Crippen LogP contribution in [-0.2, 0) is 18.4 Å². The summed E-state index contributed by atoms with van der Waals surface area (Å²) in [4.78, 5) is 33.0. The minimum Gasteiger partial charge on any atom is -0.351 e. The zero-order chi connectivity index (χ0) is 17.8. The van der Waals surface area contributed by atoms with Crippen molar-refractivity contribution in [1.29, 1.82) is 0 Å². The second kappa shape index (κ2) is 7.48. The van der Waals surface area contributed by atoms with Gasteiger partial charge in [-0.3, -0.25) is 19.1 Å². The summed E-state index contributed by atoms with van der Waals surface area (Å²) >= 11 is 1.25. The summed E-state index contributed by atoms with van der Waals surface area (Å²) in [5.41, 5.74) is 2.49. The van der Waals surface area contributed by atoms with E-state index < -0.39 is 0 Å². The summed E-state index contributed by atoms with van der Waals surface area (Å²) in [5.74, 6) is 0.0739. The highest BCUT2D eigenvalue weighted by molar-refractivity contribution is 7.99. The molecule has 3 aromatic rings. The fourth-order valence-corrected chi connectivity index (χ4v) is 3.18. The van der Waals surface area contributed by atoms with Crippen molar-refractivity contribution in [3.05, 3.63) is 64.2 Å². The third kappa shape index (κ3) is 4.06. The minimum atomic E-state index is -0.118. The molecule has 0 saturated heterocycles. The molecule has 0 bridgehead atoms. The number of aromatic nitrogens is 3. The number of carbonyl (C=O) groups is 1. The van der Waals surface area contributed by atoms with Gasteiger partial charge < -0.3 is 5.32 Å². The van der Waals surface area contributed by atoms with Crippen LogP contribution in [0.4, 0.5) is 0 Å². The summed E-state index contributed by atoms with van der Waals surface area (Å²) in [6.07, 6.45) is 3.40. The minimum absolute atomic E-state index is 0.105. The molecule has 0 atom stereocenters. The van der Waals surface area contributed by atoms with E-state index in [0.29, 0.717) is 22.6 Å². The first kappa shape index (κ1) is 17.2. The molecule has 0 aliphatic carbocycles. The molecule has 0 aliphatic heterocycles. The second-order valence-electron chi connectivity index (χ2n) is 5.71. The quantitative estimate of drug-likeness (QED) is 0.560. The van der Waals surface area contributed by atoms with E-state index in [2.05, 4.69) is 15.3 Å². The fraction of sp³-hybridized carbons (Fsp3) is 0.222. The van der Waals surface area contributed by atoms with Gasteiger partial charge in [0.15, 0.2) is 5.16 Å². The Bertz CT molecular complexity index is 970. The van der Waals surface area contributed by atoms with Crippen LogP contribution in [0.2, 0.25) is 0 Å². The molecule has 7 heteroatoms. The zero-order valence-electron chi connectivity index (χ0n) is 14.0. The lowest BCUT2D eigenvalue weighted by atomic mass is 10.2. The van der Waals surface area contributed by atoms with Crippen molar-refractivity contribution in [2.45, 2.75) is 18.6 Å². The van der Waals surface area contributed by atoms with Crippen molar-refractivity contribution in [3.8, 4) is 0 Å². The topological polar surface area (TPSA) is 76.9 Å². The molecule has 0 aliphatic rings. The Morgan fingerprint density at radius 3 is 2.92 bits per heavy atom. The lowest BCUT2D eigenvalue weighted by molar-refractivity contribution is -0.118. The molecule has 0 radical (unpaired) electrons. The van der Waals surface area contributed by atoms with Crippen LogP contribution < -0.4 is 10.9 Å². The molecule has 128 valence electrons. The number of pyridine rings is 1. The van der Waals surface area contributed by atoms with Gasteiger partial charge >= 0.3 is 0 Å². The van der Waals surface area contributed by atoms with E-state index in [-0.39, 0.29) is 17.2 Å². The largest absolute Gasteiger partial charge is 0.351 e. The third-order valence-electron chi connectivity index (χ3n) is 3.73. The van der Waals surface area contributed by atoms with Crippen molar-refractivity contribution in [2.75, 3.05) is 5.75 Å². The van der Waals surface area contributed by atoms with Crippen LogP contribution in [0.1, 0.15) is 11.1 Å². The van der Waals surface area contributed by atoms with Crippen molar-refractivity contribution >= 4 is 28.6 Å². The number of aryl methyl sites for hydroxylation is 1. The monoisotopic (exact) mass is 354 g/mol. The van der Waals surface area contributed by atoms with Crippen LogP contribution in [0.5, 0.6) is 0 Å². The number of benzene rings is 1. The van der Waals surface area contributed by atoms with Crippen LogP contribution in [0.15, 0.2) is 52.7 Å². The van der Waals surface area contributed by atoms with Crippen molar-refractivity contribution in [2.24, 2.45) is 7.05 Å². The maximum absolute atomic E-state index is 12.5. The summed E-state index contributed by atoms with van der Waals surface area (Å²) in [5, 5.41) is 3.95. The Hall–Kier alpha value is -2.67. The maximum Gasteiger partial charge on any atom is 0.261 e. The molecule has 0 unspecified atom stereocenters. The molecule has 0 saturated carbocycles. The summed E-state index contributed by atoms with van der Waals surface area (Å²) in [6, 6.07) is 9.31. The molecule has 2 heterocycles. The summed E-state index contributed by atoms with van der Waals surface area (Å²) < 4.78 is 1.49. The molecule has 2 aromatic heterocycles. The smallest absolute Gasteiger partial charge is 0.261 e. The highest BCUT2D eigenvalue weighted by atomic mass is 32.2. The van der Waals surface area contributed by atoms with E-state index >= 15 is 0 Å². The van der Waals surface area contributed by atoms with Gasteiger partial charge in [-0.1, -0.05) is 29.5 Å². The third-order valence-corrected chi connectivity index (χ3v) is 4.76. The molecular weight excluding hydrogens is 336 g/mol. The standard InChI is InChI=1S/C18H18N4O2S/c1-12-5-6-15-14(8-12)17(24)22(2)18(21-15)25-11-16(23)20-10-13-4-3-7-19-9-13/h3-9H,10-11H2,1-2H3,(H,20,23). The average Bonchev–Trinajstić information content (AvgIpc) is 2.63. The molecule has 3 rings (SSSR count). The van der Waals surface area contributed by atoms with E-state index in [9.17, 15) is 9.59 Å². The van der Waals surface area contributed by atoms with E-state index in [0.717, 1.165) is 11.1 Å². The Labute approximate surface area is 149 Å². The van der Waals surface area contributed by atoms with Crippen LogP contribution in [-0.4, -0.2) is 26.2 Å². The van der Waals surface area contributed by atoms with Gasteiger partial charge in [0.1, 0.15) is 0 Å². The predicted molar refractivity (Wildman–Crippen MR) is 98.5 cm³/mol. The van der Waals surface area contributed by atoms with E-state index in [1.807, 2.05) is 37.3 Å². The van der Waals surface area contributed by atoms with Gasteiger partial charge in [-0.15, -0.1) is 0 Å². The SMILES string of the molecule is Cc1ccc2nc(SCC(=O)NCc3cccnc3)n(C)c(=O)c2c1. The number of hydrogen-bond acceptors (Lipinski definition) is 5. The number of nitrogens with one attached hydrogen (secondary N) is 1. The molecule has 1 N–H and O–H groups in total. The van der Waals surface area contributed by atoms with Gasteiger partial charge in [-0.05, 0) is 30.7 Å². The zero-order valence-corrected chi connectivity index (χ0v) is 14.8. The molecule has 1 aromatic carbocycles. The van der Waals surface area contributed by atoms with Gasteiger partial charge in [0.25, 0.3) is 5.56 Å². The van der Waals surface area contributed by atoms with Crippen LogP contribution >= 0.6 is 11.8 Å². The number of rotatable bonds is 5. The fourth-order valence-electron chi connectivity index (χ4n) is 2.38. The number of nitrogens with zero attached hydrogens (tertiary/aromatic N) is 3. The van der Waals surface area contributed by atoms with Crippen LogP contribution in [0, 0.1) is 6.92 Å². The average molecular weight is 354 g/mol. The first-order valence-corrected chi connectivity index (χ1v) is 8.79. The second-order valence-corrected chi connectivity index (χ2v) is 6.65. The van der Waals surface area contributed by atoms with E-state index in [1.165, 1.54) is 16.3 Å². The Morgan fingerprint density at radius 1 is 1.32 bits per heavy atom. The van der Waals surface area contributed by atoms with Gasteiger partial charge in [0, 0.05) is 26.0 Å². The van der Waals surface area contributed by atoms with Crippen molar-refractivity contribution in [1.82, 2.24) is 19.9 Å². The molecular formula is C18H18N4O2S. The van der Waals surface area contributed by atoms with Crippen LogP contribution in [0.3, 0.4) is 0 Å². The van der Waals surface area contributed by atoms with Gasteiger partial charge in [0.2, 0.25) is 5.91 Å². The lowest BCUT2D eigenvalue weighted by Gasteiger charge is -2.09. The number of amides is 1. The predicted octanol–water partition coefficient (Wildman–Crippen LogP) is 2.05. The van der Waals surface area contributed by atoms with Crippen molar-refractivity contribution < 1.29 is 4.79 Å². The Kier molecular flexibility index (Phi) is 5.14. The molecule has 6 nitrogen and oxygen atoms in total. The highest BCUT2D eigenvalue weighted by Gasteiger charge is 2.11. The molecule has 0 fully saturated rings. The van der Waals surface area contributed by atoms with Crippen molar-refractivity contribution in [3.63, 3.8) is 0 Å². The maximum atomic E-state index is 12.5. The van der Waals surface area contributed by atoms with Gasteiger partial charge in [0.05, 0.1) is 16.7 Å². The Balaban J connectivity index is 1.68. The van der Waals surface area contributed by atoms with Gasteiger partial charge in [-0.25, -0.2) is 4.98 Å². The number of carbonyl (C=O) groups excluding carboxylic acids is 1. The number of fused-ring (bicyclic) bond motifs is 1. The first-order chi connectivity index (χ1) is 12.0. The van der Waals surface area contributed by atoms with Crippen LogP contribution in [0.25, 0.3) is 10.9 Å². The van der Waals surface area contributed by atoms with E-state index in [1.54, 1.807) is 19.4 Å². The summed E-state index contributed by atoms with van der Waals surface area (Å²) in [7, 11) is 1.67. The first-order valence-electron chi connectivity index (χ1n) is 7.80. The molecule has 25 heavy (non-hydrogen) atoms. The normalized spacial score (nSPS) is 10.8. The lowest BCUT2D eigenvalue weighted by Crippen LogP contribution is -2.26. The number of hydrogen-bond donors (Lipinski definition) is 1. The highest BCUT2D eigenvalue weighted by Crippen LogP contribution is 2.17. The van der Waals surface area contributed by atoms with E-state index in [4.69, 9.17) is 0 Å². The van der Waals surface area contributed by atoms with Gasteiger partial charge in [-0.2, -0.15) is 0 Å².